The molecule has 0 amide bonds. The minimum atomic E-state index is -2.97. The molecule has 198 valence electrons. The Labute approximate surface area is 178 Å². The second-order valence-corrected chi connectivity index (χ2v) is 3.57. The van der Waals surface area contributed by atoms with Crippen LogP contribution < -0.4 is 78.8 Å². The van der Waals surface area contributed by atoms with Crippen molar-refractivity contribution < 1.29 is 74.4 Å². The average Bonchev–Trinajstić information content (AvgIpc) is 2.37. The minimum absolute atomic E-state index is 0. The number of carbonyl (C=O) groups excluding carboxylic acids is 7. The molecule has 0 aliphatic heterocycles. The second kappa shape index (κ2) is 29.2. The number of aliphatic carboxylic acids is 7. The molecule has 0 aromatic rings. The topological polar surface area (TPSA) is 557 Å². The van der Waals surface area contributed by atoms with Gasteiger partial charge in [-0.05, 0) is 0 Å². The zero-order chi connectivity index (χ0) is 21.0. The van der Waals surface area contributed by atoms with Crippen molar-refractivity contribution in [3.8, 4) is 0 Å². The maximum Gasteiger partial charge on any atom is 0.114 e. The Balaban J connectivity index is -0.0000000279. The van der Waals surface area contributed by atoms with Crippen LogP contribution in [-0.2, 0) is 33.6 Å². The molecule has 22 nitrogen and oxygen atoms in total. The molecule has 0 unspecified atom stereocenters. The summed E-state index contributed by atoms with van der Waals surface area (Å²) in [6.45, 7) is 0. The smallest absolute Gasteiger partial charge is 0.114 e. The van der Waals surface area contributed by atoms with Gasteiger partial charge >= 0.3 is 0 Å². The van der Waals surface area contributed by atoms with Crippen LogP contribution in [0.1, 0.15) is 12.8 Å². The Morgan fingerprint density at radius 1 is 0.469 bits per heavy atom. The fourth-order valence-corrected chi connectivity index (χ4v) is 0.684. The maximum absolute atomic E-state index is 10.1. The zero-order valence-corrected chi connectivity index (χ0v) is 18.6. The molecule has 0 rings (SSSR count). The third-order valence-corrected chi connectivity index (χ3v) is 1.59. The predicted molar refractivity (Wildman–Crippen MR) is 91.1 cm³/mol. The average molecular weight is 491 g/mol. The molecule has 0 heterocycles. The molecule has 0 aromatic heterocycles. The van der Waals surface area contributed by atoms with E-state index >= 15 is 0 Å². The van der Waals surface area contributed by atoms with Gasteiger partial charge in [-0.1, -0.05) is 0 Å². The number of carboxylic acids is 7. The first kappa shape index (κ1) is 63.0. The monoisotopic (exact) mass is 491 g/mol. The third kappa shape index (κ3) is 40.6. The van der Waals surface area contributed by atoms with Gasteiger partial charge in [-0.25, -0.2) is 0 Å². The van der Waals surface area contributed by atoms with E-state index in [2.05, 4.69) is 0 Å². The summed E-state index contributed by atoms with van der Waals surface area (Å²) in [7, 11) is 0. The van der Waals surface area contributed by atoms with Crippen LogP contribution in [0.4, 0.5) is 0 Å². The van der Waals surface area contributed by atoms with Crippen LogP contribution in [0.15, 0.2) is 0 Å². The van der Waals surface area contributed by atoms with E-state index < -0.39 is 60.2 Å². The molecule has 0 saturated carbocycles. The van der Waals surface area contributed by atoms with Gasteiger partial charge in [0, 0.05) is 24.8 Å². The molecule has 0 fully saturated rings. The van der Waals surface area contributed by atoms with Crippen molar-refractivity contribution in [2.24, 2.45) is 0 Å². The first-order chi connectivity index (χ1) is 11.1. The van der Waals surface area contributed by atoms with Crippen LogP contribution in [0.5, 0.6) is 0 Å². The molecule has 0 aliphatic rings. The van der Waals surface area contributed by atoms with E-state index in [9.17, 15) is 29.7 Å². The summed E-state index contributed by atoms with van der Waals surface area (Å²) in [5, 5.41) is 74.6. The largest absolute Gasteiger partial charge is 0.550 e. The highest BCUT2D eigenvalue weighted by atomic mass is 16.4. The van der Waals surface area contributed by atoms with Gasteiger partial charge in [0.1, 0.15) is 5.60 Å². The molecular weight excluding hydrogens is 458 g/mol. The lowest BCUT2D eigenvalue weighted by Crippen LogP contribution is -2.54. The fraction of sp³-hybridized carbons (Fsp3) is 0.300. The Morgan fingerprint density at radius 3 is 0.688 bits per heavy atom. The molecule has 0 aliphatic carbocycles. The molecule has 0 spiro atoms. The third-order valence-electron chi connectivity index (χ3n) is 1.59. The lowest BCUT2D eigenvalue weighted by atomic mass is 9.96. The summed E-state index contributed by atoms with van der Waals surface area (Å²) < 4.78 is 0. The number of quaternary nitrogens is 7. The SMILES string of the molecule is O=C([O-])C(=O)[O-].O=C([O-])C(=O)[O-].O=C([O-])CC(O)(CC(=O)[O-])C(=O)[O-].[NH4+].[NH4+].[NH4+].[NH4+].[NH4+].[NH4+].[NH4+]. The predicted octanol–water partition coefficient (Wildman–Crippen LogP) is -9.65. The van der Waals surface area contributed by atoms with Crippen LogP contribution in [0, 0.1) is 0 Å². The van der Waals surface area contributed by atoms with Crippen molar-refractivity contribution in [2.45, 2.75) is 18.4 Å². The van der Waals surface area contributed by atoms with Gasteiger partial charge in [-0.2, -0.15) is 0 Å². The summed E-state index contributed by atoms with van der Waals surface area (Å²) in [4.78, 5) is 65.7. The lowest BCUT2D eigenvalue weighted by molar-refractivity contribution is -0.345. The van der Waals surface area contributed by atoms with Crippen LogP contribution in [-0.4, -0.2) is 52.5 Å². The van der Waals surface area contributed by atoms with E-state index in [-0.39, 0.29) is 43.1 Å². The Bertz CT molecular complexity index is 519. The summed E-state index contributed by atoms with van der Waals surface area (Å²) in [5.74, 6) is -14.7. The van der Waals surface area contributed by atoms with E-state index in [1.807, 2.05) is 0 Å². The van der Waals surface area contributed by atoms with Gasteiger partial charge in [0.2, 0.25) is 0 Å². The standard InChI is InChI=1S/C6H8O7.2C2H2O4.7H3N/c7-3(8)1-6(13,5(11)12)2-4(9)10;2*3-1(4)2(5)6;;;;;;;/h13H,1-2H2,(H,7,8)(H,9,10)(H,11,12);2*(H,3,4)(H,5,6);7*1H3. The highest BCUT2D eigenvalue weighted by Crippen LogP contribution is 2.13. The van der Waals surface area contributed by atoms with E-state index in [4.69, 9.17) is 44.7 Å². The number of carboxylic acid groups (broad SMARTS) is 7. The molecule has 22 heteroatoms. The van der Waals surface area contributed by atoms with E-state index in [0.717, 1.165) is 0 Å². The molecule has 0 atom stereocenters. The minimum Gasteiger partial charge on any atom is -0.550 e. The van der Waals surface area contributed by atoms with Crippen molar-refractivity contribution >= 4 is 41.8 Å². The fourth-order valence-electron chi connectivity index (χ4n) is 0.684. The van der Waals surface area contributed by atoms with Crippen LogP contribution in [0.3, 0.4) is 0 Å². The van der Waals surface area contributed by atoms with Crippen LogP contribution in [0.25, 0.3) is 0 Å². The summed E-state index contributed by atoms with van der Waals surface area (Å²) in [6.07, 6.45) is -2.72. The van der Waals surface area contributed by atoms with Crippen molar-refractivity contribution in [3.05, 3.63) is 0 Å². The summed E-state index contributed by atoms with van der Waals surface area (Å²) in [6, 6.07) is 0. The second-order valence-electron chi connectivity index (χ2n) is 3.57. The lowest BCUT2D eigenvalue weighted by Gasteiger charge is -2.29. The molecule has 32 heavy (non-hydrogen) atoms. The van der Waals surface area contributed by atoms with Crippen molar-refractivity contribution in [2.75, 3.05) is 0 Å². The number of hydrogen-bond donors (Lipinski definition) is 8. The normalized spacial score (nSPS) is 7.16. The Kier molecular flexibility index (Phi) is 57.4. The van der Waals surface area contributed by atoms with Gasteiger partial charge in [-0.3, -0.25) is 0 Å². The van der Waals surface area contributed by atoms with Crippen molar-refractivity contribution in [1.82, 2.24) is 43.1 Å². The molecule has 0 radical (unpaired) electrons. The van der Waals surface area contributed by atoms with Gasteiger partial charge in [-0.15, -0.1) is 0 Å². The van der Waals surface area contributed by atoms with Gasteiger partial charge < -0.3 is 117 Å². The quantitative estimate of drug-likeness (QED) is 0.165. The van der Waals surface area contributed by atoms with Crippen LogP contribution in [0.2, 0.25) is 0 Å². The summed E-state index contributed by atoms with van der Waals surface area (Å²) >= 11 is 0. The van der Waals surface area contributed by atoms with Gasteiger partial charge in [0.25, 0.3) is 0 Å². The number of carbonyl (C=O) groups is 7. The van der Waals surface area contributed by atoms with E-state index in [1.54, 1.807) is 0 Å². The van der Waals surface area contributed by atoms with Crippen LogP contribution >= 0.6 is 0 Å². The molecule has 0 saturated heterocycles. The highest BCUT2D eigenvalue weighted by molar-refractivity contribution is 6.25. The van der Waals surface area contributed by atoms with E-state index in [0.29, 0.717) is 0 Å². The first-order valence-electron chi connectivity index (χ1n) is 5.25. The number of hydrogen-bond acceptors (Lipinski definition) is 15. The summed E-state index contributed by atoms with van der Waals surface area (Å²) in [5.41, 5.74) is -2.97. The Hall–Kier alpha value is -4.03. The molecule has 0 aromatic carbocycles. The highest BCUT2D eigenvalue weighted by Gasteiger charge is 2.29. The van der Waals surface area contributed by atoms with Gasteiger partial charge in [0.05, 0.1) is 29.8 Å². The maximum atomic E-state index is 10.1. The first-order valence-corrected chi connectivity index (χ1v) is 5.25. The van der Waals surface area contributed by atoms with Crippen molar-refractivity contribution in [1.29, 1.82) is 0 Å². The zero-order valence-electron chi connectivity index (χ0n) is 18.6. The molecule has 29 N–H and O–H groups in total. The van der Waals surface area contributed by atoms with Gasteiger partial charge in [0.15, 0.2) is 0 Å². The Morgan fingerprint density at radius 2 is 0.625 bits per heavy atom. The number of rotatable bonds is 5. The molecule has 0 bridgehead atoms. The van der Waals surface area contributed by atoms with E-state index in [1.165, 1.54) is 0 Å². The number of aliphatic hydroxyl groups is 1. The van der Waals surface area contributed by atoms with Crippen molar-refractivity contribution in [3.63, 3.8) is 0 Å². The molecular formula is C10H33N7O15.